The summed E-state index contributed by atoms with van der Waals surface area (Å²) in [5, 5.41) is 10.1. The fraction of sp³-hybridized carbons (Fsp3) is 0.250. The van der Waals surface area contributed by atoms with Crippen LogP contribution in [-0.4, -0.2) is 36.7 Å². The predicted molar refractivity (Wildman–Crippen MR) is 108 cm³/mol. The van der Waals surface area contributed by atoms with Crippen LogP contribution in [0.4, 0.5) is 0 Å². The van der Waals surface area contributed by atoms with Gasteiger partial charge in [0.15, 0.2) is 11.5 Å². The number of halogens is 1. The first-order chi connectivity index (χ1) is 13.9. The highest BCUT2D eigenvalue weighted by atomic mass is 35.5. The van der Waals surface area contributed by atoms with Crippen LogP contribution in [-0.2, 0) is 21.2 Å². The second-order valence-electron chi connectivity index (χ2n) is 6.66. The number of nitrogens with zero attached hydrogens (tertiary/aromatic N) is 1. The van der Waals surface area contributed by atoms with Crippen molar-refractivity contribution in [1.82, 2.24) is 3.97 Å². The fourth-order valence-corrected chi connectivity index (χ4v) is 5.15. The van der Waals surface area contributed by atoms with Crippen LogP contribution in [0.1, 0.15) is 18.5 Å². The molecule has 0 radical (unpaired) electrons. The van der Waals surface area contributed by atoms with Gasteiger partial charge >= 0.3 is 5.97 Å². The molecule has 0 unspecified atom stereocenters. The van der Waals surface area contributed by atoms with Crippen LogP contribution >= 0.6 is 11.6 Å². The zero-order valence-corrected chi connectivity index (χ0v) is 16.9. The van der Waals surface area contributed by atoms with E-state index in [0.717, 1.165) is 0 Å². The minimum atomic E-state index is -3.96. The molecule has 1 aromatic heterocycles. The molecule has 7 nitrogen and oxygen atoms in total. The number of fused-ring (bicyclic) bond motifs is 2. The number of ether oxygens (including phenoxy) is 2. The molecule has 4 rings (SSSR count). The van der Waals surface area contributed by atoms with Crippen molar-refractivity contribution in [3.05, 3.63) is 53.2 Å². The van der Waals surface area contributed by atoms with Gasteiger partial charge in [-0.2, -0.15) is 0 Å². The Morgan fingerprint density at radius 2 is 1.83 bits per heavy atom. The number of carbonyl (C=O) groups is 1. The zero-order chi connectivity index (χ0) is 20.6. The number of carboxylic acid groups (broad SMARTS) is 1. The van der Waals surface area contributed by atoms with Gasteiger partial charge in [-0.05, 0) is 49.2 Å². The predicted octanol–water partition coefficient (Wildman–Crippen LogP) is 3.71. The van der Waals surface area contributed by atoms with E-state index in [1.165, 1.54) is 16.1 Å². The molecular weight excluding hydrogens is 418 g/mol. The number of benzene rings is 2. The monoisotopic (exact) mass is 435 g/mol. The first-order valence-electron chi connectivity index (χ1n) is 9.03. The topological polar surface area (TPSA) is 94.8 Å². The molecule has 0 amide bonds. The number of aromatic nitrogens is 1. The van der Waals surface area contributed by atoms with Gasteiger partial charge in [-0.25, -0.2) is 12.4 Å². The van der Waals surface area contributed by atoms with Crippen molar-refractivity contribution in [3.63, 3.8) is 0 Å². The van der Waals surface area contributed by atoms with Crippen molar-refractivity contribution in [2.75, 3.05) is 13.2 Å². The summed E-state index contributed by atoms with van der Waals surface area (Å²) in [7, 11) is -3.96. The second-order valence-corrected chi connectivity index (χ2v) is 8.88. The molecule has 1 aliphatic rings. The summed E-state index contributed by atoms with van der Waals surface area (Å²) >= 11 is 6.07. The van der Waals surface area contributed by atoms with E-state index in [1.807, 2.05) is 0 Å². The second kappa shape index (κ2) is 7.61. The molecule has 0 saturated carbocycles. The molecule has 0 spiro atoms. The Morgan fingerprint density at radius 1 is 1.07 bits per heavy atom. The third-order valence-corrected chi connectivity index (χ3v) is 6.66. The van der Waals surface area contributed by atoms with Crippen molar-refractivity contribution in [1.29, 1.82) is 0 Å². The van der Waals surface area contributed by atoms with Gasteiger partial charge in [0.25, 0.3) is 10.0 Å². The lowest BCUT2D eigenvalue weighted by molar-refractivity contribution is -0.137. The lowest BCUT2D eigenvalue weighted by Crippen LogP contribution is -2.18. The van der Waals surface area contributed by atoms with Crippen LogP contribution in [0.5, 0.6) is 11.5 Å². The summed E-state index contributed by atoms with van der Waals surface area (Å²) in [6, 6.07) is 11.2. The van der Waals surface area contributed by atoms with Crippen molar-refractivity contribution in [2.45, 2.75) is 24.2 Å². The van der Waals surface area contributed by atoms with Crippen molar-refractivity contribution in [3.8, 4) is 11.5 Å². The Morgan fingerprint density at radius 3 is 2.59 bits per heavy atom. The molecular formula is C20H18ClNO6S. The molecule has 0 fully saturated rings. The molecule has 1 N–H and O–H groups in total. The summed E-state index contributed by atoms with van der Waals surface area (Å²) in [6.45, 7) is 0.762. The van der Waals surface area contributed by atoms with Gasteiger partial charge in [-0.1, -0.05) is 11.6 Å². The van der Waals surface area contributed by atoms with Gasteiger partial charge in [0.05, 0.1) is 10.4 Å². The van der Waals surface area contributed by atoms with Crippen LogP contribution in [0.15, 0.2) is 47.4 Å². The van der Waals surface area contributed by atoms with Gasteiger partial charge in [-0.3, -0.25) is 4.79 Å². The Hall–Kier alpha value is -2.71. The van der Waals surface area contributed by atoms with Crippen LogP contribution in [0.2, 0.25) is 5.02 Å². The quantitative estimate of drug-likeness (QED) is 0.634. The number of hydrogen-bond donors (Lipinski definition) is 1. The summed E-state index contributed by atoms with van der Waals surface area (Å²) < 4.78 is 39.3. The largest absolute Gasteiger partial charge is 0.486 e. The lowest BCUT2D eigenvalue weighted by atomic mass is 10.2. The van der Waals surface area contributed by atoms with Gasteiger partial charge < -0.3 is 14.6 Å². The van der Waals surface area contributed by atoms with E-state index < -0.39 is 16.0 Å². The van der Waals surface area contributed by atoms with Crippen LogP contribution < -0.4 is 9.47 Å². The zero-order valence-electron chi connectivity index (χ0n) is 15.3. The Balaban J connectivity index is 1.83. The maximum Gasteiger partial charge on any atom is 0.303 e. The molecule has 0 bridgehead atoms. The van der Waals surface area contributed by atoms with Crippen LogP contribution in [0.3, 0.4) is 0 Å². The number of aliphatic carboxylic acids is 1. The third-order valence-electron chi connectivity index (χ3n) is 4.67. The molecule has 9 heteroatoms. The average molecular weight is 436 g/mol. The SMILES string of the molecule is O=C(O)CCCc1cc2cc(Cl)ccc2n1S(=O)(=O)c1ccc2c(c1)OCCO2. The van der Waals surface area contributed by atoms with Crippen molar-refractivity contribution < 1.29 is 27.8 Å². The molecule has 0 saturated heterocycles. The highest BCUT2D eigenvalue weighted by Crippen LogP contribution is 2.35. The minimum absolute atomic E-state index is 0.0493. The van der Waals surface area contributed by atoms with Gasteiger partial charge in [0, 0.05) is 28.6 Å². The standard InChI is InChI=1S/C20H18ClNO6S/c21-14-4-6-17-13(10-14)11-15(2-1-3-20(23)24)22(17)29(25,26)16-5-7-18-19(12-16)28-9-8-27-18/h4-7,10-12H,1-3,8-9H2,(H,23,24). The number of rotatable bonds is 6. The normalized spacial score (nSPS) is 13.6. The summed E-state index contributed by atoms with van der Waals surface area (Å²) in [5.74, 6) is -0.0457. The maximum absolute atomic E-state index is 13.5. The molecule has 2 aromatic carbocycles. The van der Waals surface area contributed by atoms with Crippen LogP contribution in [0, 0.1) is 0 Å². The third kappa shape index (κ3) is 3.77. The summed E-state index contributed by atoms with van der Waals surface area (Å²) in [4.78, 5) is 10.9. The smallest absolute Gasteiger partial charge is 0.303 e. The van der Waals surface area contributed by atoms with E-state index in [0.29, 0.717) is 59.2 Å². The fourth-order valence-electron chi connectivity index (χ4n) is 3.39. The van der Waals surface area contributed by atoms with E-state index >= 15 is 0 Å². The highest BCUT2D eigenvalue weighted by Gasteiger charge is 2.25. The van der Waals surface area contributed by atoms with E-state index in [9.17, 15) is 13.2 Å². The summed E-state index contributed by atoms with van der Waals surface area (Å²) in [6.07, 6.45) is 0.560. The van der Waals surface area contributed by atoms with Gasteiger partial charge in [0.1, 0.15) is 13.2 Å². The number of aryl methyl sites for hydroxylation is 1. The summed E-state index contributed by atoms with van der Waals surface area (Å²) in [5.41, 5.74) is 0.980. The van der Waals surface area contributed by atoms with E-state index in [2.05, 4.69) is 0 Å². The highest BCUT2D eigenvalue weighted by molar-refractivity contribution is 7.90. The first-order valence-corrected chi connectivity index (χ1v) is 10.8. The molecule has 3 aromatic rings. The molecule has 1 aliphatic heterocycles. The molecule has 0 atom stereocenters. The molecule has 29 heavy (non-hydrogen) atoms. The number of carboxylic acids is 1. The molecule has 152 valence electrons. The van der Waals surface area contributed by atoms with E-state index in [4.69, 9.17) is 26.2 Å². The Bertz CT molecular complexity index is 1200. The Kier molecular flexibility index (Phi) is 5.14. The first kappa shape index (κ1) is 19.6. The number of hydrogen-bond acceptors (Lipinski definition) is 5. The van der Waals surface area contributed by atoms with E-state index in [-0.39, 0.29) is 11.3 Å². The van der Waals surface area contributed by atoms with Gasteiger partial charge in [0.2, 0.25) is 0 Å². The Labute approximate surface area is 172 Å². The van der Waals surface area contributed by atoms with Crippen LogP contribution in [0.25, 0.3) is 10.9 Å². The lowest BCUT2D eigenvalue weighted by Gasteiger charge is -2.19. The maximum atomic E-state index is 13.5. The van der Waals surface area contributed by atoms with Crippen molar-refractivity contribution in [2.24, 2.45) is 0 Å². The minimum Gasteiger partial charge on any atom is -0.486 e. The molecule has 2 heterocycles. The molecule has 0 aliphatic carbocycles. The van der Waals surface area contributed by atoms with Crippen molar-refractivity contribution >= 4 is 38.5 Å². The van der Waals surface area contributed by atoms with E-state index in [1.54, 1.807) is 30.3 Å². The average Bonchev–Trinajstić information content (AvgIpc) is 3.05. The van der Waals surface area contributed by atoms with Gasteiger partial charge in [-0.15, -0.1) is 0 Å².